The van der Waals surface area contributed by atoms with Gasteiger partial charge in [0.25, 0.3) is 5.91 Å². The lowest BCUT2D eigenvalue weighted by Gasteiger charge is -2.13. The molecule has 0 saturated heterocycles. The van der Waals surface area contributed by atoms with Crippen molar-refractivity contribution in [3.05, 3.63) is 65.6 Å². The Balaban J connectivity index is 1.75. The van der Waals surface area contributed by atoms with Gasteiger partial charge in [-0.3, -0.25) is 4.79 Å². The Hall–Kier alpha value is -4.02. The molecule has 0 atom stereocenters. The van der Waals surface area contributed by atoms with Gasteiger partial charge in [-0.2, -0.15) is 10.2 Å². The number of aryl methyl sites for hydroxylation is 2. The highest BCUT2D eigenvalue weighted by Gasteiger charge is 2.32. The normalized spacial score (nSPS) is 11.5. The second-order valence-electron chi connectivity index (χ2n) is 6.59. The SMILES string of the molecule is Cc1ccc(NC(=O)c2c(C)nc3ccc(-c4ccccc4OC(F)(F)F)nn23)nn1. The molecule has 158 valence electrons. The fourth-order valence-corrected chi connectivity index (χ4v) is 2.98. The van der Waals surface area contributed by atoms with Crippen molar-refractivity contribution in [2.24, 2.45) is 0 Å². The predicted molar refractivity (Wildman–Crippen MR) is 105 cm³/mol. The van der Waals surface area contributed by atoms with E-state index in [-0.39, 0.29) is 22.8 Å². The molecule has 0 fully saturated rings. The van der Waals surface area contributed by atoms with Crippen LogP contribution >= 0.6 is 0 Å². The number of carbonyl (C=O) groups is 1. The van der Waals surface area contributed by atoms with Gasteiger partial charge in [0.1, 0.15) is 5.75 Å². The number of para-hydroxylation sites is 1. The van der Waals surface area contributed by atoms with E-state index in [1.807, 2.05) is 0 Å². The van der Waals surface area contributed by atoms with Crippen LogP contribution in [0.15, 0.2) is 48.5 Å². The molecule has 31 heavy (non-hydrogen) atoms. The summed E-state index contributed by atoms with van der Waals surface area (Å²) in [5, 5.41) is 14.7. The number of carbonyl (C=O) groups excluding carboxylic acids is 1. The lowest BCUT2D eigenvalue weighted by molar-refractivity contribution is -0.274. The van der Waals surface area contributed by atoms with E-state index in [0.29, 0.717) is 17.0 Å². The molecule has 0 saturated carbocycles. The quantitative estimate of drug-likeness (QED) is 0.529. The zero-order valence-corrected chi connectivity index (χ0v) is 16.3. The molecule has 0 aliphatic heterocycles. The minimum Gasteiger partial charge on any atom is -0.405 e. The largest absolute Gasteiger partial charge is 0.573 e. The molecule has 11 heteroatoms. The average molecular weight is 428 g/mol. The van der Waals surface area contributed by atoms with Crippen LogP contribution in [-0.4, -0.2) is 37.1 Å². The fraction of sp³-hybridized carbons (Fsp3) is 0.150. The van der Waals surface area contributed by atoms with Gasteiger partial charge in [-0.15, -0.1) is 18.3 Å². The van der Waals surface area contributed by atoms with Crippen LogP contribution in [0.1, 0.15) is 21.9 Å². The number of halogens is 3. The summed E-state index contributed by atoms with van der Waals surface area (Å²) in [6.07, 6.45) is -4.86. The number of alkyl halides is 3. The first-order valence-corrected chi connectivity index (χ1v) is 9.04. The second-order valence-corrected chi connectivity index (χ2v) is 6.59. The Morgan fingerprint density at radius 3 is 2.52 bits per heavy atom. The number of anilines is 1. The van der Waals surface area contributed by atoms with Gasteiger partial charge in [0, 0.05) is 5.56 Å². The first-order chi connectivity index (χ1) is 14.7. The Morgan fingerprint density at radius 1 is 1.03 bits per heavy atom. The third-order valence-electron chi connectivity index (χ3n) is 4.30. The predicted octanol–water partition coefficient (Wildman–Crippen LogP) is 3.95. The van der Waals surface area contributed by atoms with Crippen LogP contribution in [0, 0.1) is 13.8 Å². The van der Waals surface area contributed by atoms with E-state index in [9.17, 15) is 18.0 Å². The van der Waals surface area contributed by atoms with Crippen molar-refractivity contribution in [1.29, 1.82) is 0 Å². The van der Waals surface area contributed by atoms with E-state index >= 15 is 0 Å². The molecule has 0 spiro atoms. The average Bonchev–Trinajstić information content (AvgIpc) is 3.04. The summed E-state index contributed by atoms with van der Waals surface area (Å²) in [7, 11) is 0. The molecule has 3 heterocycles. The zero-order valence-electron chi connectivity index (χ0n) is 16.3. The first kappa shape index (κ1) is 20.3. The van der Waals surface area contributed by atoms with E-state index in [0.717, 1.165) is 0 Å². The summed E-state index contributed by atoms with van der Waals surface area (Å²) in [6.45, 7) is 3.39. The standard InChI is InChI=1S/C20H15F3N6O2/c1-11-7-9-16(27-26-11)25-19(30)18-12(2)24-17-10-8-14(28-29(17)18)13-5-3-4-6-15(13)31-20(21,22)23/h3-10H,1-2H3,(H,25,27,30). The van der Waals surface area contributed by atoms with Crippen molar-refractivity contribution in [2.75, 3.05) is 5.32 Å². The number of ether oxygens (including phenoxy) is 1. The highest BCUT2D eigenvalue weighted by Crippen LogP contribution is 2.32. The summed E-state index contributed by atoms with van der Waals surface area (Å²) >= 11 is 0. The second kappa shape index (κ2) is 7.67. The lowest BCUT2D eigenvalue weighted by atomic mass is 10.1. The van der Waals surface area contributed by atoms with Crippen LogP contribution in [0.5, 0.6) is 5.75 Å². The molecular weight excluding hydrogens is 413 g/mol. The molecule has 4 aromatic rings. The topological polar surface area (TPSA) is 94.3 Å². The maximum atomic E-state index is 12.8. The molecule has 1 amide bonds. The molecule has 8 nitrogen and oxygen atoms in total. The van der Waals surface area contributed by atoms with E-state index in [2.05, 4.69) is 30.3 Å². The highest BCUT2D eigenvalue weighted by molar-refractivity contribution is 6.03. The number of amides is 1. The summed E-state index contributed by atoms with van der Waals surface area (Å²) < 4.78 is 43.7. The van der Waals surface area contributed by atoms with Crippen LogP contribution < -0.4 is 10.1 Å². The van der Waals surface area contributed by atoms with Gasteiger partial charge in [0.2, 0.25) is 0 Å². The van der Waals surface area contributed by atoms with Gasteiger partial charge >= 0.3 is 6.36 Å². The molecule has 1 aromatic carbocycles. The van der Waals surface area contributed by atoms with Crippen molar-refractivity contribution < 1.29 is 22.7 Å². The Kier molecular flexibility index (Phi) is 5.01. The number of rotatable bonds is 4. The molecule has 3 aromatic heterocycles. The molecule has 1 N–H and O–H groups in total. The monoisotopic (exact) mass is 428 g/mol. The molecule has 0 aliphatic rings. The van der Waals surface area contributed by atoms with Crippen LogP contribution in [0.3, 0.4) is 0 Å². The minimum absolute atomic E-state index is 0.115. The van der Waals surface area contributed by atoms with Crippen molar-refractivity contribution in [1.82, 2.24) is 24.8 Å². The number of imidazole rings is 1. The molecular formula is C20H15F3N6O2. The number of fused-ring (bicyclic) bond motifs is 1. The van der Waals surface area contributed by atoms with Gasteiger partial charge in [-0.25, -0.2) is 9.50 Å². The summed E-state index contributed by atoms with van der Waals surface area (Å²) in [4.78, 5) is 17.1. The van der Waals surface area contributed by atoms with Crippen molar-refractivity contribution in [3.8, 4) is 17.0 Å². The summed E-state index contributed by atoms with van der Waals surface area (Å²) in [6, 6.07) is 12.0. The molecule has 0 radical (unpaired) electrons. The van der Waals surface area contributed by atoms with Gasteiger partial charge in [0.05, 0.1) is 17.1 Å². The Labute approximate surface area is 173 Å². The smallest absolute Gasteiger partial charge is 0.405 e. The molecule has 0 aliphatic carbocycles. The zero-order chi connectivity index (χ0) is 22.2. The van der Waals surface area contributed by atoms with Crippen molar-refractivity contribution in [3.63, 3.8) is 0 Å². The number of hydrogen-bond donors (Lipinski definition) is 1. The molecule has 4 rings (SSSR count). The summed E-state index contributed by atoms with van der Waals surface area (Å²) in [5.74, 6) is -0.697. The van der Waals surface area contributed by atoms with Gasteiger partial charge in [-0.1, -0.05) is 12.1 Å². The number of hydrogen-bond acceptors (Lipinski definition) is 6. The van der Waals surface area contributed by atoms with E-state index in [1.54, 1.807) is 38.1 Å². The maximum absolute atomic E-state index is 12.8. The lowest BCUT2D eigenvalue weighted by Crippen LogP contribution is -2.18. The van der Waals surface area contributed by atoms with Crippen LogP contribution in [-0.2, 0) is 0 Å². The number of benzene rings is 1. The van der Waals surface area contributed by atoms with Gasteiger partial charge < -0.3 is 10.1 Å². The fourth-order valence-electron chi connectivity index (χ4n) is 2.98. The van der Waals surface area contributed by atoms with E-state index in [4.69, 9.17) is 0 Å². The minimum atomic E-state index is -4.86. The number of aromatic nitrogens is 5. The Morgan fingerprint density at radius 2 is 1.81 bits per heavy atom. The van der Waals surface area contributed by atoms with Crippen LogP contribution in [0.25, 0.3) is 16.9 Å². The van der Waals surface area contributed by atoms with E-state index < -0.39 is 18.0 Å². The Bertz CT molecular complexity index is 1270. The van der Waals surface area contributed by atoms with Crippen LogP contribution in [0.4, 0.5) is 19.0 Å². The maximum Gasteiger partial charge on any atom is 0.573 e. The summed E-state index contributed by atoms with van der Waals surface area (Å²) in [5.41, 5.74) is 1.85. The number of nitrogens with one attached hydrogen (secondary N) is 1. The van der Waals surface area contributed by atoms with E-state index in [1.165, 1.54) is 28.8 Å². The molecule has 0 bridgehead atoms. The third kappa shape index (κ3) is 4.29. The van der Waals surface area contributed by atoms with Gasteiger partial charge in [-0.05, 0) is 50.2 Å². The number of nitrogens with zero attached hydrogens (tertiary/aromatic N) is 5. The first-order valence-electron chi connectivity index (χ1n) is 9.04. The van der Waals surface area contributed by atoms with Crippen molar-refractivity contribution in [2.45, 2.75) is 20.2 Å². The third-order valence-corrected chi connectivity index (χ3v) is 4.30. The van der Waals surface area contributed by atoms with Gasteiger partial charge in [0.15, 0.2) is 17.2 Å². The van der Waals surface area contributed by atoms with Crippen LogP contribution in [0.2, 0.25) is 0 Å². The molecule has 0 unspecified atom stereocenters. The van der Waals surface area contributed by atoms with Crippen molar-refractivity contribution >= 4 is 17.4 Å². The highest BCUT2D eigenvalue weighted by atomic mass is 19.4.